The lowest BCUT2D eigenvalue weighted by atomic mass is 10.1. The number of rotatable bonds is 3. The molecule has 0 atom stereocenters. The van der Waals surface area contributed by atoms with E-state index in [9.17, 15) is 14.7 Å². The van der Waals surface area contributed by atoms with Crippen molar-refractivity contribution in [3.63, 3.8) is 0 Å². The number of hydrogen-bond acceptors (Lipinski definition) is 3. The highest BCUT2D eigenvalue weighted by molar-refractivity contribution is 6.08. The maximum Gasteiger partial charge on any atom is 0.337 e. The number of aryl methyl sites for hydroxylation is 1. The summed E-state index contributed by atoms with van der Waals surface area (Å²) < 4.78 is 0. The summed E-state index contributed by atoms with van der Waals surface area (Å²) in [5.74, 6) is -2.09. The molecule has 0 fully saturated rings. The Bertz CT molecular complexity index is 679. The van der Waals surface area contributed by atoms with Gasteiger partial charge in [0, 0.05) is 5.56 Å². The first kappa shape index (κ1) is 13.6. The molecular formula is C15H12NO4-. The highest BCUT2D eigenvalue weighted by Crippen LogP contribution is 2.21. The van der Waals surface area contributed by atoms with Gasteiger partial charge in [-0.3, -0.25) is 4.79 Å². The number of nitrogens with one attached hydrogen (secondary N) is 1. The molecule has 2 rings (SSSR count). The fourth-order valence-electron chi connectivity index (χ4n) is 1.83. The first-order valence-corrected chi connectivity index (χ1v) is 5.90. The van der Waals surface area contributed by atoms with Gasteiger partial charge in [-0.25, -0.2) is 4.79 Å². The molecule has 0 aliphatic heterocycles. The van der Waals surface area contributed by atoms with E-state index in [4.69, 9.17) is 5.11 Å². The molecule has 0 unspecified atom stereocenters. The largest absolute Gasteiger partial charge is 0.872 e. The molecular weight excluding hydrogens is 258 g/mol. The van der Waals surface area contributed by atoms with Crippen molar-refractivity contribution in [3.8, 4) is 5.75 Å². The second kappa shape index (κ2) is 5.44. The summed E-state index contributed by atoms with van der Waals surface area (Å²) in [6.45, 7) is 1.79. The lowest BCUT2D eigenvalue weighted by molar-refractivity contribution is -0.268. The van der Waals surface area contributed by atoms with E-state index in [0.717, 1.165) is 11.6 Å². The molecule has 2 aromatic carbocycles. The SMILES string of the molecule is Cc1ccccc1C(=O)Nc1ccc([O-])cc1C(=O)O. The maximum atomic E-state index is 12.1. The minimum atomic E-state index is -1.26. The molecule has 0 saturated heterocycles. The van der Waals surface area contributed by atoms with Crippen molar-refractivity contribution in [1.29, 1.82) is 0 Å². The standard InChI is InChI=1S/C15H13NO4/c1-9-4-2-3-5-11(9)14(18)16-13-7-6-10(17)8-12(13)15(19)20/h2-8,17H,1H3,(H,16,18)(H,19,20)/p-1. The average Bonchev–Trinajstić information content (AvgIpc) is 2.41. The average molecular weight is 270 g/mol. The molecule has 102 valence electrons. The van der Waals surface area contributed by atoms with Crippen LogP contribution in [-0.2, 0) is 0 Å². The van der Waals surface area contributed by atoms with Gasteiger partial charge in [-0.1, -0.05) is 30.3 Å². The van der Waals surface area contributed by atoms with Crippen molar-refractivity contribution < 1.29 is 19.8 Å². The highest BCUT2D eigenvalue weighted by atomic mass is 16.4. The van der Waals surface area contributed by atoms with Crippen molar-refractivity contribution in [1.82, 2.24) is 0 Å². The fourth-order valence-corrected chi connectivity index (χ4v) is 1.83. The van der Waals surface area contributed by atoms with Gasteiger partial charge in [0.05, 0.1) is 11.3 Å². The zero-order valence-corrected chi connectivity index (χ0v) is 10.7. The van der Waals surface area contributed by atoms with Gasteiger partial charge < -0.3 is 15.5 Å². The fraction of sp³-hybridized carbons (Fsp3) is 0.0667. The Kier molecular flexibility index (Phi) is 3.70. The third-order valence-electron chi connectivity index (χ3n) is 2.86. The molecule has 0 aliphatic rings. The number of carbonyl (C=O) groups is 2. The zero-order valence-electron chi connectivity index (χ0n) is 10.7. The van der Waals surface area contributed by atoms with Crippen LogP contribution in [0.5, 0.6) is 5.75 Å². The van der Waals surface area contributed by atoms with Gasteiger partial charge in [-0.05, 0) is 24.6 Å². The molecule has 2 aromatic rings. The van der Waals surface area contributed by atoms with E-state index in [1.54, 1.807) is 31.2 Å². The predicted octanol–water partition coefficient (Wildman–Crippen LogP) is 2.02. The summed E-state index contributed by atoms with van der Waals surface area (Å²) in [5.41, 5.74) is 1.11. The van der Waals surface area contributed by atoms with Gasteiger partial charge in [-0.15, -0.1) is 5.75 Å². The van der Waals surface area contributed by atoms with E-state index in [-0.39, 0.29) is 11.3 Å². The van der Waals surface area contributed by atoms with Crippen molar-refractivity contribution in [2.24, 2.45) is 0 Å². The summed E-state index contributed by atoms with van der Waals surface area (Å²) in [7, 11) is 0. The van der Waals surface area contributed by atoms with Crippen molar-refractivity contribution in [2.75, 3.05) is 5.32 Å². The van der Waals surface area contributed by atoms with Crippen LogP contribution >= 0.6 is 0 Å². The third-order valence-corrected chi connectivity index (χ3v) is 2.86. The number of anilines is 1. The number of carboxylic acid groups (broad SMARTS) is 1. The van der Waals surface area contributed by atoms with Crippen LogP contribution in [0.2, 0.25) is 0 Å². The third kappa shape index (κ3) is 2.77. The van der Waals surface area contributed by atoms with Gasteiger partial charge in [0.25, 0.3) is 5.91 Å². The Morgan fingerprint density at radius 2 is 1.80 bits per heavy atom. The molecule has 0 aliphatic carbocycles. The van der Waals surface area contributed by atoms with E-state index in [1.807, 2.05) is 0 Å². The number of carbonyl (C=O) groups excluding carboxylic acids is 1. The second-order valence-electron chi connectivity index (χ2n) is 4.28. The van der Waals surface area contributed by atoms with Crippen LogP contribution in [0.4, 0.5) is 5.69 Å². The Morgan fingerprint density at radius 1 is 1.10 bits per heavy atom. The molecule has 5 heteroatoms. The van der Waals surface area contributed by atoms with Crippen LogP contribution in [-0.4, -0.2) is 17.0 Å². The highest BCUT2D eigenvalue weighted by Gasteiger charge is 2.14. The normalized spacial score (nSPS) is 10.1. The van der Waals surface area contributed by atoms with Crippen molar-refractivity contribution in [2.45, 2.75) is 6.92 Å². The second-order valence-corrected chi connectivity index (χ2v) is 4.28. The molecule has 0 spiro atoms. The lowest BCUT2D eigenvalue weighted by Gasteiger charge is -2.13. The Balaban J connectivity index is 2.33. The number of aromatic carboxylic acids is 1. The molecule has 2 N–H and O–H groups in total. The van der Waals surface area contributed by atoms with Crippen molar-refractivity contribution in [3.05, 3.63) is 59.2 Å². The smallest absolute Gasteiger partial charge is 0.337 e. The number of hydrogen-bond donors (Lipinski definition) is 2. The van der Waals surface area contributed by atoms with E-state index in [2.05, 4.69) is 5.32 Å². The van der Waals surface area contributed by atoms with E-state index >= 15 is 0 Å². The van der Waals surface area contributed by atoms with E-state index in [0.29, 0.717) is 5.56 Å². The molecule has 0 aromatic heterocycles. The Morgan fingerprint density at radius 3 is 2.45 bits per heavy atom. The topological polar surface area (TPSA) is 89.5 Å². The monoisotopic (exact) mass is 270 g/mol. The van der Waals surface area contributed by atoms with Gasteiger partial charge in [0.1, 0.15) is 0 Å². The van der Waals surface area contributed by atoms with Gasteiger partial charge in [0.2, 0.25) is 0 Å². The maximum absolute atomic E-state index is 12.1. The molecule has 0 radical (unpaired) electrons. The molecule has 1 amide bonds. The van der Waals surface area contributed by atoms with E-state index < -0.39 is 17.6 Å². The summed E-state index contributed by atoms with van der Waals surface area (Å²) in [5, 5.41) is 22.7. The summed E-state index contributed by atoms with van der Waals surface area (Å²) in [6, 6.07) is 10.4. The van der Waals surface area contributed by atoms with E-state index in [1.165, 1.54) is 12.1 Å². The van der Waals surface area contributed by atoms with Crippen LogP contribution in [0.25, 0.3) is 0 Å². The van der Waals surface area contributed by atoms with Crippen LogP contribution in [0, 0.1) is 6.92 Å². The summed E-state index contributed by atoms with van der Waals surface area (Å²) >= 11 is 0. The minimum absolute atomic E-state index is 0.102. The summed E-state index contributed by atoms with van der Waals surface area (Å²) in [6.07, 6.45) is 0. The first-order valence-electron chi connectivity index (χ1n) is 5.90. The van der Waals surface area contributed by atoms with Crippen molar-refractivity contribution >= 4 is 17.6 Å². The number of amides is 1. The number of benzene rings is 2. The minimum Gasteiger partial charge on any atom is -0.872 e. The predicted molar refractivity (Wildman–Crippen MR) is 72.0 cm³/mol. The van der Waals surface area contributed by atoms with Crippen LogP contribution in [0.1, 0.15) is 26.3 Å². The Hall–Kier alpha value is -2.82. The Labute approximate surface area is 115 Å². The number of carboxylic acids is 1. The summed E-state index contributed by atoms with van der Waals surface area (Å²) in [4.78, 5) is 23.2. The van der Waals surface area contributed by atoms with Crippen LogP contribution in [0.15, 0.2) is 42.5 Å². The quantitative estimate of drug-likeness (QED) is 0.892. The van der Waals surface area contributed by atoms with Gasteiger partial charge in [-0.2, -0.15) is 0 Å². The van der Waals surface area contributed by atoms with Gasteiger partial charge in [0.15, 0.2) is 0 Å². The van der Waals surface area contributed by atoms with Crippen LogP contribution < -0.4 is 10.4 Å². The molecule has 20 heavy (non-hydrogen) atoms. The van der Waals surface area contributed by atoms with Gasteiger partial charge >= 0.3 is 5.97 Å². The molecule has 0 saturated carbocycles. The zero-order chi connectivity index (χ0) is 14.7. The molecule has 0 heterocycles. The molecule has 0 bridgehead atoms. The van der Waals surface area contributed by atoms with Crippen LogP contribution in [0.3, 0.4) is 0 Å². The first-order chi connectivity index (χ1) is 9.49. The lowest BCUT2D eigenvalue weighted by Crippen LogP contribution is -2.16. The molecule has 5 nitrogen and oxygen atoms in total.